The fraction of sp³-hybridized carbons (Fsp3) is 0.667. The molecule has 2 aliphatic rings. The summed E-state index contributed by atoms with van der Waals surface area (Å²) in [4.78, 5) is 4.18. The van der Waals surface area contributed by atoms with Crippen molar-refractivity contribution in [2.45, 2.75) is 37.7 Å². The average Bonchev–Trinajstić information content (AvgIpc) is 2.42. The summed E-state index contributed by atoms with van der Waals surface area (Å²) < 4.78 is 11.5. The number of aromatic nitrogens is 1. The minimum absolute atomic E-state index is 0.0676. The Balaban J connectivity index is 1.67. The Morgan fingerprint density at radius 2 is 2.16 bits per heavy atom. The Labute approximate surface area is 114 Å². The lowest BCUT2D eigenvalue weighted by molar-refractivity contribution is -0.146. The average molecular weight is 262 g/mol. The number of nitrogen functional groups attached to an aromatic ring is 1. The van der Waals surface area contributed by atoms with Gasteiger partial charge in [0.25, 0.3) is 0 Å². The second kappa shape index (κ2) is 5.47. The first-order valence-corrected chi connectivity index (χ1v) is 7.17. The minimum Gasteiger partial charge on any atom is -0.398 e. The molecule has 2 aliphatic heterocycles. The van der Waals surface area contributed by atoms with E-state index >= 15 is 0 Å². The molecule has 1 aromatic heterocycles. The highest BCUT2D eigenvalue weighted by atomic mass is 16.5. The topological polar surface area (TPSA) is 57.4 Å². The van der Waals surface area contributed by atoms with Crippen LogP contribution in [0.1, 0.15) is 31.2 Å². The van der Waals surface area contributed by atoms with Crippen LogP contribution in [0.25, 0.3) is 0 Å². The number of hydrogen-bond donors (Lipinski definition) is 1. The third-order valence-electron chi connectivity index (χ3n) is 4.45. The van der Waals surface area contributed by atoms with E-state index in [-0.39, 0.29) is 5.60 Å². The van der Waals surface area contributed by atoms with Crippen LogP contribution in [0.15, 0.2) is 18.5 Å². The van der Waals surface area contributed by atoms with Gasteiger partial charge in [-0.25, -0.2) is 0 Å². The summed E-state index contributed by atoms with van der Waals surface area (Å²) in [5, 5.41) is 0. The number of hydrogen-bond acceptors (Lipinski definition) is 4. The maximum absolute atomic E-state index is 6.08. The molecule has 4 nitrogen and oxygen atoms in total. The molecule has 1 atom stereocenters. The molecule has 104 valence electrons. The summed E-state index contributed by atoms with van der Waals surface area (Å²) in [6.07, 6.45) is 9.00. The smallest absolute Gasteiger partial charge is 0.0729 e. The van der Waals surface area contributed by atoms with Gasteiger partial charge in [-0.15, -0.1) is 0 Å². The molecule has 0 bridgehead atoms. The highest BCUT2D eigenvalue weighted by molar-refractivity contribution is 5.44. The molecule has 3 heterocycles. The van der Waals surface area contributed by atoms with E-state index in [4.69, 9.17) is 15.2 Å². The van der Waals surface area contributed by atoms with Gasteiger partial charge < -0.3 is 15.2 Å². The van der Waals surface area contributed by atoms with Gasteiger partial charge in [0.2, 0.25) is 0 Å². The second-order valence-corrected chi connectivity index (χ2v) is 5.78. The SMILES string of the molecule is Nc1ccncc1CC1CCOC2(CCOCC2)C1. The Kier molecular flexibility index (Phi) is 3.71. The van der Waals surface area contributed by atoms with E-state index in [2.05, 4.69) is 4.98 Å². The number of rotatable bonds is 2. The molecule has 0 amide bonds. The van der Waals surface area contributed by atoms with E-state index in [1.54, 1.807) is 6.20 Å². The fourth-order valence-corrected chi connectivity index (χ4v) is 3.31. The van der Waals surface area contributed by atoms with E-state index in [1.807, 2.05) is 12.3 Å². The molecule has 2 N–H and O–H groups in total. The van der Waals surface area contributed by atoms with Crippen molar-refractivity contribution in [3.8, 4) is 0 Å². The van der Waals surface area contributed by atoms with Crippen molar-refractivity contribution in [1.29, 1.82) is 0 Å². The van der Waals surface area contributed by atoms with Gasteiger partial charge in [-0.05, 0) is 49.7 Å². The zero-order valence-corrected chi connectivity index (χ0v) is 11.3. The Morgan fingerprint density at radius 1 is 1.32 bits per heavy atom. The molecule has 1 spiro atoms. The van der Waals surface area contributed by atoms with Crippen LogP contribution in [0.2, 0.25) is 0 Å². The predicted octanol–water partition coefficient (Wildman–Crippen LogP) is 2.18. The number of nitrogens with two attached hydrogens (primary N) is 1. The zero-order chi connectivity index (χ0) is 13.1. The summed E-state index contributed by atoms with van der Waals surface area (Å²) in [5.74, 6) is 0.651. The maximum Gasteiger partial charge on any atom is 0.0729 e. The van der Waals surface area contributed by atoms with E-state index in [1.165, 1.54) is 5.56 Å². The molecule has 19 heavy (non-hydrogen) atoms. The van der Waals surface area contributed by atoms with Crippen molar-refractivity contribution in [1.82, 2.24) is 4.98 Å². The van der Waals surface area contributed by atoms with Crippen LogP contribution in [-0.2, 0) is 15.9 Å². The van der Waals surface area contributed by atoms with Gasteiger partial charge in [-0.3, -0.25) is 4.98 Å². The van der Waals surface area contributed by atoms with Crippen molar-refractivity contribution in [3.05, 3.63) is 24.0 Å². The van der Waals surface area contributed by atoms with E-state index in [0.29, 0.717) is 5.92 Å². The van der Waals surface area contributed by atoms with Crippen LogP contribution < -0.4 is 5.73 Å². The molecule has 4 heteroatoms. The van der Waals surface area contributed by atoms with Crippen LogP contribution in [0, 0.1) is 5.92 Å². The number of pyridine rings is 1. The number of anilines is 1. The van der Waals surface area contributed by atoms with Gasteiger partial charge in [-0.1, -0.05) is 0 Å². The lowest BCUT2D eigenvalue weighted by atomic mass is 9.78. The molecule has 0 saturated carbocycles. The largest absolute Gasteiger partial charge is 0.398 e. The van der Waals surface area contributed by atoms with E-state index < -0.39 is 0 Å². The molecule has 2 saturated heterocycles. The molecular formula is C15H22N2O2. The lowest BCUT2D eigenvalue weighted by Gasteiger charge is -2.43. The molecule has 0 radical (unpaired) electrons. The van der Waals surface area contributed by atoms with E-state index in [9.17, 15) is 0 Å². The molecule has 0 aliphatic carbocycles. The van der Waals surface area contributed by atoms with Crippen molar-refractivity contribution < 1.29 is 9.47 Å². The van der Waals surface area contributed by atoms with Gasteiger partial charge in [0.05, 0.1) is 5.60 Å². The summed E-state index contributed by atoms with van der Waals surface area (Å²) in [7, 11) is 0. The molecule has 3 rings (SSSR count). The van der Waals surface area contributed by atoms with Gasteiger partial charge >= 0.3 is 0 Å². The third kappa shape index (κ3) is 2.90. The van der Waals surface area contributed by atoms with Crippen LogP contribution in [-0.4, -0.2) is 30.4 Å². The van der Waals surface area contributed by atoms with Gasteiger partial charge in [0, 0.05) is 37.9 Å². The zero-order valence-electron chi connectivity index (χ0n) is 11.3. The summed E-state index contributed by atoms with van der Waals surface area (Å²) >= 11 is 0. The predicted molar refractivity (Wildman–Crippen MR) is 73.8 cm³/mol. The van der Waals surface area contributed by atoms with Gasteiger partial charge in [-0.2, -0.15) is 0 Å². The Bertz CT molecular complexity index is 424. The molecule has 2 fully saturated rings. The van der Waals surface area contributed by atoms with Crippen molar-refractivity contribution in [2.75, 3.05) is 25.6 Å². The highest BCUT2D eigenvalue weighted by Gasteiger charge is 2.38. The van der Waals surface area contributed by atoms with Crippen LogP contribution in [0.3, 0.4) is 0 Å². The monoisotopic (exact) mass is 262 g/mol. The third-order valence-corrected chi connectivity index (χ3v) is 4.45. The quantitative estimate of drug-likeness (QED) is 0.887. The summed E-state index contributed by atoms with van der Waals surface area (Å²) in [5.41, 5.74) is 8.12. The van der Waals surface area contributed by atoms with Gasteiger partial charge in [0.15, 0.2) is 0 Å². The molecule has 1 unspecified atom stereocenters. The Hall–Kier alpha value is -1.13. The Morgan fingerprint density at radius 3 is 2.95 bits per heavy atom. The minimum atomic E-state index is 0.0676. The molecular weight excluding hydrogens is 240 g/mol. The highest BCUT2D eigenvalue weighted by Crippen LogP contribution is 2.38. The van der Waals surface area contributed by atoms with Crippen LogP contribution in [0.5, 0.6) is 0 Å². The molecule has 1 aromatic rings. The second-order valence-electron chi connectivity index (χ2n) is 5.78. The number of ether oxygens (including phenoxy) is 2. The summed E-state index contributed by atoms with van der Waals surface area (Å²) in [6.45, 7) is 2.54. The first kappa shape index (κ1) is 12.9. The number of nitrogens with zero attached hydrogens (tertiary/aromatic N) is 1. The summed E-state index contributed by atoms with van der Waals surface area (Å²) in [6, 6.07) is 1.89. The molecule has 0 aromatic carbocycles. The lowest BCUT2D eigenvalue weighted by Crippen LogP contribution is -2.44. The first-order chi connectivity index (χ1) is 9.27. The van der Waals surface area contributed by atoms with Crippen molar-refractivity contribution >= 4 is 5.69 Å². The van der Waals surface area contributed by atoms with E-state index in [0.717, 1.165) is 57.6 Å². The normalized spacial score (nSPS) is 26.4. The standard InChI is InChI=1S/C15H22N2O2/c16-14-1-5-17-11-13(14)9-12-2-6-19-15(10-12)3-7-18-8-4-15/h1,5,11-12H,2-4,6-10H2,(H2,16,17). The van der Waals surface area contributed by atoms with Crippen LogP contribution in [0.4, 0.5) is 5.69 Å². The van der Waals surface area contributed by atoms with Gasteiger partial charge in [0.1, 0.15) is 0 Å². The van der Waals surface area contributed by atoms with Crippen molar-refractivity contribution in [3.63, 3.8) is 0 Å². The van der Waals surface area contributed by atoms with Crippen LogP contribution >= 0.6 is 0 Å². The fourth-order valence-electron chi connectivity index (χ4n) is 3.31. The first-order valence-electron chi connectivity index (χ1n) is 7.17. The maximum atomic E-state index is 6.08. The van der Waals surface area contributed by atoms with Crippen molar-refractivity contribution in [2.24, 2.45) is 5.92 Å².